The normalized spacial score (nSPS) is 45.1. The van der Waals surface area contributed by atoms with Gasteiger partial charge in [-0.25, -0.2) is 0 Å². The maximum absolute atomic E-state index is 13.3. The van der Waals surface area contributed by atoms with Gasteiger partial charge in [-0.3, -0.25) is 4.79 Å². The highest BCUT2D eigenvalue weighted by Crippen LogP contribution is 2.60. The molecule has 4 saturated carbocycles. The van der Waals surface area contributed by atoms with Gasteiger partial charge in [-0.05, 0) is 75.0 Å². The highest BCUT2D eigenvalue weighted by molar-refractivity contribution is 5.83. The lowest BCUT2D eigenvalue weighted by atomic mass is 9.49. The lowest BCUT2D eigenvalue weighted by Gasteiger charge is -2.57. The topological polar surface area (TPSA) is 29.5 Å². The summed E-state index contributed by atoms with van der Waals surface area (Å²) < 4.78 is 5.32. The number of methoxy groups -OCH3 is 1. The van der Waals surface area contributed by atoms with Crippen molar-refractivity contribution in [2.24, 2.45) is 29.1 Å². The fourth-order valence-electron chi connectivity index (χ4n) is 6.33. The lowest BCUT2D eigenvalue weighted by Crippen LogP contribution is -2.56. The molecule has 3 heteroatoms. The van der Waals surface area contributed by atoms with Gasteiger partial charge in [0.05, 0.1) is 12.0 Å². The molecule has 5 rings (SSSR count). The molecule has 0 N–H and O–H groups in total. The van der Waals surface area contributed by atoms with E-state index in [0.717, 1.165) is 43.9 Å². The van der Waals surface area contributed by atoms with E-state index in [1.165, 1.54) is 44.9 Å². The first-order chi connectivity index (χ1) is 10.2. The molecule has 5 fully saturated rings. The third-order valence-corrected chi connectivity index (χ3v) is 6.70. The Morgan fingerprint density at radius 1 is 1.14 bits per heavy atom. The molecule has 0 spiro atoms. The standard InChI is InChI=1S/C18H29NO2/c1-21-12-13-3-2-4-19(11-13)17(20)18-8-14-5-15(9-18)7-16(6-14)10-18/h13-16H,2-12H2,1H3/t13-,14?,15?,16?,18?/m0/s1. The van der Waals surface area contributed by atoms with Crippen LogP contribution in [0.4, 0.5) is 0 Å². The largest absolute Gasteiger partial charge is 0.384 e. The number of carbonyl (C=O) groups is 1. The molecule has 5 aliphatic rings. The summed E-state index contributed by atoms with van der Waals surface area (Å²) in [5.41, 5.74) is 0.0453. The molecule has 1 atom stereocenters. The number of hydrogen-bond acceptors (Lipinski definition) is 2. The van der Waals surface area contributed by atoms with Crippen molar-refractivity contribution in [2.45, 2.75) is 51.4 Å². The average Bonchev–Trinajstić information content (AvgIpc) is 2.46. The van der Waals surface area contributed by atoms with E-state index >= 15 is 0 Å². The van der Waals surface area contributed by atoms with Gasteiger partial charge >= 0.3 is 0 Å². The summed E-state index contributed by atoms with van der Waals surface area (Å²) >= 11 is 0. The number of rotatable bonds is 3. The van der Waals surface area contributed by atoms with Crippen LogP contribution in [0, 0.1) is 29.1 Å². The van der Waals surface area contributed by atoms with Gasteiger partial charge in [-0.2, -0.15) is 0 Å². The second-order valence-electron chi connectivity index (χ2n) is 8.41. The Labute approximate surface area is 128 Å². The van der Waals surface area contributed by atoms with E-state index in [1.807, 2.05) is 0 Å². The van der Waals surface area contributed by atoms with Crippen molar-refractivity contribution in [1.29, 1.82) is 0 Å². The summed E-state index contributed by atoms with van der Waals surface area (Å²) in [6.07, 6.45) is 10.2. The molecule has 4 aliphatic carbocycles. The quantitative estimate of drug-likeness (QED) is 0.799. The minimum absolute atomic E-state index is 0.0453. The first-order valence-corrected chi connectivity index (χ1v) is 8.97. The van der Waals surface area contributed by atoms with Gasteiger partial charge in [0.25, 0.3) is 0 Å². The monoisotopic (exact) mass is 291 g/mol. The first kappa shape index (κ1) is 14.0. The molecule has 3 nitrogen and oxygen atoms in total. The zero-order valence-electron chi connectivity index (χ0n) is 13.4. The number of amides is 1. The fraction of sp³-hybridized carbons (Fsp3) is 0.944. The van der Waals surface area contributed by atoms with Crippen molar-refractivity contribution in [2.75, 3.05) is 26.8 Å². The van der Waals surface area contributed by atoms with Crippen LogP contribution in [0.15, 0.2) is 0 Å². The van der Waals surface area contributed by atoms with Crippen molar-refractivity contribution in [3.05, 3.63) is 0 Å². The number of ether oxygens (including phenoxy) is 1. The molecule has 0 radical (unpaired) electrons. The summed E-state index contributed by atoms with van der Waals surface area (Å²) in [6.45, 7) is 2.74. The highest BCUT2D eigenvalue weighted by atomic mass is 16.5. The van der Waals surface area contributed by atoms with E-state index in [0.29, 0.717) is 11.8 Å². The van der Waals surface area contributed by atoms with E-state index in [4.69, 9.17) is 4.74 Å². The van der Waals surface area contributed by atoms with E-state index in [9.17, 15) is 4.79 Å². The molecular weight excluding hydrogens is 262 g/mol. The average molecular weight is 291 g/mol. The van der Waals surface area contributed by atoms with E-state index < -0.39 is 0 Å². The second kappa shape index (κ2) is 5.26. The van der Waals surface area contributed by atoms with Crippen molar-refractivity contribution < 1.29 is 9.53 Å². The Kier molecular flexibility index (Phi) is 3.52. The van der Waals surface area contributed by atoms with Gasteiger partial charge in [-0.1, -0.05) is 0 Å². The number of likely N-dealkylation sites (tertiary alicyclic amines) is 1. The lowest BCUT2D eigenvalue weighted by molar-refractivity contribution is -0.159. The summed E-state index contributed by atoms with van der Waals surface area (Å²) in [7, 11) is 1.78. The van der Waals surface area contributed by atoms with Crippen molar-refractivity contribution in [3.63, 3.8) is 0 Å². The Morgan fingerprint density at radius 2 is 1.76 bits per heavy atom. The first-order valence-electron chi connectivity index (χ1n) is 8.97. The Hall–Kier alpha value is -0.570. The predicted molar refractivity (Wildman–Crippen MR) is 81.8 cm³/mol. The number of piperidine rings is 1. The molecule has 1 heterocycles. The Balaban J connectivity index is 1.49. The molecule has 21 heavy (non-hydrogen) atoms. The smallest absolute Gasteiger partial charge is 0.228 e. The van der Waals surface area contributed by atoms with Crippen LogP contribution in [0.25, 0.3) is 0 Å². The number of carbonyl (C=O) groups excluding carboxylic acids is 1. The summed E-state index contributed by atoms with van der Waals surface area (Å²) in [4.78, 5) is 15.5. The molecule has 0 aromatic rings. The van der Waals surface area contributed by atoms with Crippen LogP contribution < -0.4 is 0 Å². The zero-order chi connectivity index (χ0) is 14.4. The van der Waals surface area contributed by atoms with Crippen molar-refractivity contribution in [1.82, 2.24) is 4.90 Å². The molecule has 1 amide bonds. The molecule has 1 saturated heterocycles. The summed E-state index contributed by atoms with van der Waals surface area (Å²) in [5.74, 6) is 3.66. The maximum Gasteiger partial charge on any atom is 0.228 e. The molecule has 0 unspecified atom stereocenters. The molecule has 0 aromatic carbocycles. The van der Waals surface area contributed by atoms with Crippen LogP contribution in [0.3, 0.4) is 0 Å². The Morgan fingerprint density at radius 3 is 2.33 bits per heavy atom. The summed E-state index contributed by atoms with van der Waals surface area (Å²) in [6, 6.07) is 0. The van der Waals surface area contributed by atoms with Gasteiger partial charge < -0.3 is 9.64 Å². The van der Waals surface area contributed by atoms with Gasteiger partial charge in [-0.15, -0.1) is 0 Å². The van der Waals surface area contributed by atoms with Crippen LogP contribution in [0.2, 0.25) is 0 Å². The summed E-state index contributed by atoms with van der Waals surface area (Å²) in [5, 5.41) is 0. The van der Waals surface area contributed by atoms with Crippen molar-refractivity contribution in [3.8, 4) is 0 Å². The van der Waals surface area contributed by atoms with Crippen LogP contribution in [0.5, 0.6) is 0 Å². The second-order valence-corrected chi connectivity index (χ2v) is 8.41. The van der Waals surface area contributed by atoms with Gasteiger partial charge in [0.15, 0.2) is 0 Å². The Bertz CT molecular complexity index is 382. The number of hydrogen-bond donors (Lipinski definition) is 0. The van der Waals surface area contributed by atoms with E-state index in [1.54, 1.807) is 7.11 Å². The molecule has 0 aromatic heterocycles. The number of nitrogens with zero attached hydrogens (tertiary/aromatic N) is 1. The third-order valence-electron chi connectivity index (χ3n) is 6.70. The zero-order valence-corrected chi connectivity index (χ0v) is 13.4. The fourth-order valence-corrected chi connectivity index (χ4v) is 6.33. The van der Waals surface area contributed by atoms with E-state index in [2.05, 4.69) is 4.90 Å². The maximum atomic E-state index is 13.3. The predicted octanol–water partition coefficient (Wildman–Crippen LogP) is 3.09. The van der Waals surface area contributed by atoms with Crippen LogP contribution in [-0.4, -0.2) is 37.6 Å². The third kappa shape index (κ3) is 2.42. The van der Waals surface area contributed by atoms with Crippen LogP contribution >= 0.6 is 0 Å². The SMILES string of the molecule is COC[C@H]1CCCN(C(=O)C23CC4CC(CC(C4)C2)C3)C1. The van der Waals surface area contributed by atoms with Gasteiger partial charge in [0, 0.05) is 20.2 Å². The van der Waals surface area contributed by atoms with E-state index in [-0.39, 0.29) is 5.41 Å². The molecule has 4 bridgehead atoms. The van der Waals surface area contributed by atoms with Crippen LogP contribution in [0.1, 0.15) is 51.4 Å². The van der Waals surface area contributed by atoms with Crippen LogP contribution in [-0.2, 0) is 9.53 Å². The highest BCUT2D eigenvalue weighted by Gasteiger charge is 2.55. The minimum atomic E-state index is 0.0453. The van der Waals surface area contributed by atoms with Gasteiger partial charge in [0.2, 0.25) is 5.91 Å². The van der Waals surface area contributed by atoms with Crippen molar-refractivity contribution >= 4 is 5.91 Å². The molecule has 118 valence electrons. The molecular formula is C18H29NO2. The molecule has 1 aliphatic heterocycles. The minimum Gasteiger partial charge on any atom is -0.384 e. The van der Waals surface area contributed by atoms with Gasteiger partial charge in [0.1, 0.15) is 0 Å².